The maximum absolute atomic E-state index is 11.1. The van der Waals surface area contributed by atoms with Crippen LogP contribution in [-0.4, -0.2) is 5.97 Å². The van der Waals surface area contributed by atoms with Gasteiger partial charge in [-0.1, -0.05) is 29.8 Å². The molecule has 70 valence electrons. The predicted molar refractivity (Wildman–Crippen MR) is 51.8 cm³/mol. The molecule has 0 aliphatic carbocycles. The lowest BCUT2D eigenvalue weighted by molar-refractivity contribution is -0.135. The minimum absolute atomic E-state index is 0.439. The van der Waals surface area contributed by atoms with Crippen LogP contribution in [0.15, 0.2) is 24.3 Å². The summed E-state index contributed by atoms with van der Waals surface area (Å²) in [6.45, 7) is 1.69. The Balaban J connectivity index is 2.95. The Morgan fingerprint density at radius 2 is 2.08 bits per heavy atom. The maximum atomic E-state index is 11.1. The van der Waals surface area contributed by atoms with Crippen LogP contribution >= 0.6 is 23.5 Å². The molecule has 0 N–H and O–H groups in total. The Bertz CT molecular complexity index is 312. The molecule has 0 fully saturated rings. The normalized spacial score (nSPS) is 12.2. The van der Waals surface area contributed by atoms with Crippen molar-refractivity contribution < 1.29 is 9.08 Å². The van der Waals surface area contributed by atoms with E-state index in [1.54, 1.807) is 31.2 Å². The first-order valence-corrected chi connectivity index (χ1v) is 4.42. The van der Waals surface area contributed by atoms with E-state index >= 15 is 0 Å². The van der Waals surface area contributed by atoms with Gasteiger partial charge in [0.2, 0.25) is 0 Å². The average Bonchev–Trinajstić information content (AvgIpc) is 2.16. The van der Waals surface area contributed by atoms with Crippen molar-refractivity contribution in [1.82, 2.24) is 0 Å². The lowest BCUT2D eigenvalue weighted by atomic mass is 10.0. The van der Waals surface area contributed by atoms with Crippen LogP contribution in [0.2, 0.25) is 5.02 Å². The third kappa shape index (κ3) is 2.36. The van der Waals surface area contributed by atoms with Crippen molar-refractivity contribution in [3.63, 3.8) is 0 Å². The van der Waals surface area contributed by atoms with E-state index in [9.17, 15) is 4.79 Å². The molecule has 1 atom stereocenters. The minimum Gasteiger partial charge on any atom is -0.347 e. The highest BCUT2D eigenvalue weighted by Crippen LogP contribution is 2.25. The first kappa shape index (κ1) is 10.4. The number of hydrogen-bond donors (Lipinski definition) is 0. The Morgan fingerprint density at radius 3 is 2.62 bits per heavy atom. The fraction of sp³-hybridized carbons (Fsp3) is 0.222. The number of halogens is 2. The highest BCUT2D eigenvalue weighted by molar-refractivity contribution is 6.31. The van der Waals surface area contributed by atoms with Gasteiger partial charge in [-0.05, 0) is 18.6 Å². The summed E-state index contributed by atoms with van der Waals surface area (Å²) in [5.41, 5.74) is 0.717. The summed E-state index contributed by atoms with van der Waals surface area (Å²) in [7, 11) is 0. The molecule has 0 aromatic heterocycles. The van der Waals surface area contributed by atoms with Crippen LogP contribution in [0.25, 0.3) is 0 Å². The molecule has 0 heterocycles. The molecule has 1 unspecified atom stereocenters. The first-order chi connectivity index (χ1) is 6.16. The molecule has 0 spiro atoms. The summed E-state index contributed by atoms with van der Waals surface area (Å²) < 4.78 is 4.10. The number of rotatable bonds is 2. The van der Waals surface area contributed by atoms with Gasteiger partial charge in [0, 0.05) is 5.02 Å². The van der Waals surface area contributed by atoms with Crippen molar-refractivity contribution in [3.8, 4) is 0 Å². The molecular weight excluding hydrogens is 211 g/mol. The molecule has 0 bridgehead atoms. The second kappa shape index (κ2) is 4.49. The van der Waals surface area contributed by atoms with Crippen LogP contribution < -0.4 is 0 Å². The van der Waals surface area contributed by atoms with Crippen LogP contribution in [0.1, 0.15) is 18.4 Å². The van der Waals surface area contributed by atoms with E-state index in [1.165, 1.54) is 0 Å². The third-order valence-corrected chi connectivity index (χ3v) is 2.30. The molecule has 4 heteroatoms. The van der Waals surface area contributed by atoms with E-state index in [1.807, 2.05) is 0 Å². The van der Waals surface area contributed by atoms with Crippen LogP contribution in [0, 0.1) is 0 Å². The largest absolute Gasteiger partial charge is 0.347 e. The summed E-state index contributed by atoms with van der Waals surface area (Å²) in [5.74, 6) is -0.944. The Hall–Kier alpha value is -0.730. The van der Waals surface area contributed by atoms with Gasteiger partial charge in [0.1, 0.15) is 11.9 Å². The summed E-state index contributed by atoms with van der Waals surface area (Å²) in [5, 5.41) is 0.539. The Morgan fingerprint density at radius 1 is 1.46 bits per heavy atom. The number of carbonyl (C=O) groups excluding carboxylic acids is 1. The van der Waals surface area contributed by atoms with Crippen LogP contribution in [-0.2, 0) is 9.08 Å². The maximum Gasteiger partial charge on any atom is 0.331 e. The summed E-state index contributed by atoms with van der Waals surface area (Å²) >= 11 is 10.8. The summed E-state index contributed by atoms with van der Waals surface area (Å²) in [4.78, 5) is 11.1. The first-order valence-electron chi connectivity index (χ1n) is 3.73. The highest BCUT2D eigenvalue weighted by atomic mass is 35.5. The van der Waals surface area contributed by atoms with Crippen molar-refractivity contribution in [1.29, 1.82) is 0 Å². The lowest BCUT2D eigenvalue weighted by Crippen LogP contribution is -2.08. The van der Waals surface area contributed by atoms with Crippen molar-refractivity contribution in [2.75, 3.05) is 0 Å². The average molecular weight is 219 g/mol. The van der Waals surface area contributed by atoms with E-state index < -0.39 is 11.9 Å². The van der Waals surface area contributed by atoms with Crippen LogP contribution in [0.5, 0.6) is 0 Å². The molecule has 0 saturated heterocycles. The fourth-order valence-corrected chi connectivity index (χ4v) is 1.45. The van der Waals surface area contributed by atoms with Gasteiger partial charge in [-0.25, -0.2) is 4.79 Å². The zero-order chi connectivity index (χ0) is 9.84. The van der Waals surface area contributed by atoms with E-state index in [4.69, 9.17) is 23.5 Å². The molecule has 1 aromatic rings. The fourth-order valence-electron chi connectivity index (χ4n) is 1.02. The SMILES string of the molecule is CC(C(=O)OCl)c1ccccc1Cl. The smallest absolute Gasteiger partial charge is 0.331 e. The molecule has 2 nitrogen and oxygen atoms in total. The summed E-state index contributed by atoms with van der Waals surface area (Å²) in [6.07, 6.45) is 0. The zero-order valence-electron chi connectivity index (χ0n) is 6.96. The van der Waals surface area contributed by atoms with Crippen molar-refractivity contribution in [2.24, 2.45) is 0 Å². The predicted octanol–water partition coefficient (Wildman–Crippen LogP) is 3.14. The number of hydrogen-bond acceptors (Lipinski definition) is 2. The van der Waals surface area contributed by atoms with Gasteiger partial charge in [0.05, 0.1) is 5.92 Å². The van der Waals surface area contributed by atoms with Gasteiger partial charge in [-0.2, -0.15) is 0 Å². The molecule has 0 aliphatic rings. The molecule has 0 amide bonds. The molecule has 0 saturated carbocycles. The van der Waals surface area contributed by atoms with E-state index in [2.05, 4.69) is 4.29 Å². The molecule has 1 rings (SSSR count). The highest BCUT2D eigenvalue weighted by Gasteiger charge is 2.18. The Labute approximate surface area is 86.6 Å². The molecule has 1 aromatic carbocycles. The monoisotopic (exact) mass is 218 g/mol. The van der Waals surface area contributed by atoms with Gasteiger partial charge in [0.15, 0.2) is 0 Å². The van der Waals surface area contributed by atoms with Crippen LogP contribution in [0.3, 0.4) is 0 Å². The van der Waals surface area contributed by atoms with Gasteiger partial charge >= 0.3 is 5.97 Å². The van der Waals surface area contributed by atoms with Gasteiger partial charge in [0.25, 0.3) is 0 Å². The van der Waals surface area contributed by atoms with Crippen molar-refractivity contribution in [3.05, 3.63) is 34.9 Å². The molecule has 13 heavy (non-hydrogen) atoms. The van der Waals surface area contributed by atoms with Gasteiger partial charge < -0.3 is 4.29 Å². The zero-order valence-corrected chi connectivity index (χ0v) is 8.47. The van der Waals surface area contributed by atoms with Crippen molar-refractivity contribution in [2.45, 2.75) is 12.8 Å². The summed E-state index contributed by atoms with van der Waals surface area (Å²) in [6, 6.07) is 7.08. The molecular formula is C9H8Cl2O2. The molecule has 0 radical (unpaired) electrons. The topological polar surface area (TPSA) is 26.3 Å². The third-order valence-electron chi connectivity index (χ3n) is 1.80. The van der Waals surface area contributed by atoms with Gasteiger partial charge in [-0.15, -0.1) is 0 Å². The van der Waals surface area contributed by atoms with E-state index in [0.29, 0.717) is 5.02 Å². The number of carbonyl (C=O) groups is 1. The van der Waals surface area contributed by atoms with Crippen LogP contribution in [0.4, 0.5) is 0 Å². The Kier molecular flexibility index (Phi) is 3.58. The van der Waals surface area contributed by atoms with Gasteiger partial charge in [-0.3, -0.25) is 0 Å². The molecule has 0 aliphatic heterocycles. The minimum atomic E-state index is -0.505. The second-order valence-corrected chi connectivity index (χ2v) is 3.20. The van der Waals surface area contributed by atoms with Crippen molar-refractivity contribution >= 4 is 29.4 Å². The quantitative estimate of drug-likeness (QED) is 0.763. The standard InChI is InChI=1S/C9H8Cl2O2/c1-6(9(12)13-11)7-4-2-3-5-8(7)10/h2-6H,1H3. The van der Waals surface area contributed by atoms with E-state index in [0.717, 1.165) is 5.56 Å². The second-order valence-electron chi connectivity index (χ2n) is 2.64. The van der Waals surface area contributed by atoms with E-state index in [-0.39, 0.29) is 0 Å². The number of benzene rings is 1. The lowest BCUT2D eigenvalue weighted by Gasteiger charge is -2.08.